The van der Waals surface area contributed by atoms with Crippen LogP contribution in [0, 0.1) is 11.8 Å². The van der Waals surface area contributed by atoms with Gasteiger partial charge in [0, 0.05) is 17.7 Å². The molecule has 84 valence electrons. The molecule has 0 radical (unpaired) electrons. The molecule has 0 aliphatic heterocycles. The highest BCUT2D eigenvalue weighted by molar-refractivity contribution is 5.90. The maximum atomic E-state index is 11.3. The molecule has 0 saturated carbocycles. The molecule has 0 amide bonds. The van der Waals surface area contributed by atoms with Crippen LogP contribution in [0.2, 0.25) is 0 Å². The van der Waals surface area contributed by atoms with Crippen LogP contribution in [-0.4, -0.2) is 24.8 Å². The molecular formula is C12H13NO3. The number of aliphatic hydroxyl groups excluding tert-OH is 1. The van der Waals surface area contributed by atoms with Gasteiger partial charge in [-0.1, -0.05) is 11.8 Å². The Labute approximate surface area is 94.0 Å². The van der Waals surface area contributed by atoms with E-state index in [1.54, 1.807) is 18.2 Å². The van der Waals surface area contributed by atoms with E-state index in [9.17, 15) is 4.79 Å². The zero-order chi connectivity index (χ0) is 12.0. The smallest absolute Gasteiger partial charge is 0.337 e. The second kappa shape index (κ2) is 5.79. The summed E-state index contributed by atoms with van der Waals surface area (Å²) in [5.74, 6) is 5.11. The molecule has 0 heterocycles. The highest BCUT2D eigenvalue weighted by Crippen LogP contribution is 2.13. The van der Waals surface area contributed by atoms with Gasteiger partial charge in [-0.15, -0.1) is 0 Å². The molecule has 0 aliphatic carbocycles. The fourth-order valence-electron chi connectivity index (χ4n) is 1.12. The molecule has 0 atom stereocenters. The Balaban J connectivity index is 3.01. The van der Waals surface area contributed by atoms with Crippen molar-refractivity contribution in [3.05, 3.63) is 29.3 Å². The number of nitrogens with two attached hydrogens (primary N) is 1. The Kier molecular flexibility index (Phi) is 4.37. The highest BCUT2D eigenvalue weighted by Gasteiger charge is 2.06. The van der Waals surface area contributed by atoms with Crippen molar-refractivity contribution in [3.8, 4) is 11.8 Å². The molecule has 0 aromatic heterocycles. The molecule has 4 nitrogen and oxygen atoms in total. The van der Waals surface area contributed by atoms with Crippen LogP contribution in [0.5, 0.6) is 0 Å². The molecule has 0 unspecified atom stereocenters. The minimum atomic E-state index is -0.426. The lowest BCUT2D eigenvalue weighted by Crippen LogP contribution is -2.02. The van der Waals surface area contributed by atoms with Crippen LogP contribution < -0.4 is 5.73 Å². The van der Waals surface area contributed by atoms with Gasteiger partial charge in [0.05, 0.1) is 19.3 Å². The first-order valence-corrected chi connectivity index (χ1v) is 4.76. The predicted molar refractivity (Wildman–Crippen MR) is 60.8 cm³/mol. The summed E-state index contributed by atoms with van der Waals surface area (Å²) in [5.41, 5.74) is 7.17. The summed E-state index contributed by atoms with van der Waals surface area (Å²) < 4.78 is 4.59. The van der Waals surface area contributed by atoms with E-state index >= 15 is 0 Å². The summed E-state index contributed by atoms with van der Waals surface area (Å²) in [4.78, 5) is 11.3. The number of carbonyl (C=O) groups excluding carboxylic acids is 1. The summed E-state index contributed by atoms with van der Waals surface area (Å²) in [7, 11) is 1.32. The fourth-order valence-corrected chi connectivity index (χ4v) is 1.12. The second-order valence-electron chi connectivity index (χ2n) is 3.07. The van der Waals surface area contributed by atoms with Gasteiger partial charge in [0.15, 0.2) is 0 Å². The number of nitrogen functional groups attached to an aromatic ring is 1. The van der Waals surface area contributed by atoms with Crippen molar-refractivity contribution in [1.82, 2.24) is 0 Å². The average Bonchev–Trinajstić information content (AvgIpc) is 2.31. The number of esters is 1. The van der Waals surface area contributed by atoms with Crippen LogP contribution in [0.4, 0.5) is 5.69 Å². The lowest BCUT2D eigenvalue weighted by molar-refractivity contribution is 0.0600. The number of hydrogen-bond donors (Lipinski definition) is 2. The van der Waals surface area contributed by atoms with Gasteiger partial charge in [0.25, 0.3) is 0 Å². The standard InChI is InChI=1S/C12H13NO3/c1-16-12(15)10-5-6-11(13)9(8-10)4-2-3-7-14/h5-6,8,14H,3,7,13H2,1H3. The number of aliphatic hydroxyl groups is 1. The van der Waals surface area contributed by atoms with Gasteiger partial charge in [-0.05, 0) is 18.2 Å². The molecule has 0 saturated heterocycles. The molecule has 4 heteroatoms. The van der Waals surface area contributed by atoms with Crippen LogP contribution in [0.15, 0.2) is 18.2 Å². The van der Waals surface area contributed by atoms with Crippen molar-refractivity contribution in [3.63, 3.8) is 0 Å². The van der Waals surface area contributed by atoms with Gasteiger partial charge >= 0.3 is 5.97 Å². The second-order valence-corrected chi connectivity index (χ2v) is 3.07. The van der Waals surface area contributed by atoms with Crippen molar-refractivity contribution >= 4 is 11.7 Å². The quantitative estimate of drug-likeness (QED) is 0.438. The first kappa shape index (κ1) is 12.1. The van der Waals surface area contributed by atoms with E-state index in [-0.39, 0.29) is 6.61 Å². The van der Waals surface area contributed by atoms with Crippen molar-refractivity contribution in [2.45, 2.75) is 6.42 Å². The Morgan fingerprint density at radius 1 is 1.56 bits per heavy atom. The van der Waals surface area contributed by atoms with Gasteiger partial charge in [-0.3, -0.25) is 0 Å². The van der Waals surface area contributed by atoms with E-state index in [0.29, 0.717) is 23.2 Å². The van der Waals surface area contributed by atoms with E-state index in [2.05, 4.69) is 16.6 Å². The SMILES string of the molecule is COC(=O)c1ccc(N)c(C#CCCO)c1. The van der Waals surface area contributed by atoms with Crippen LogP contribution in [-0.2, 0) is 4.74 Å². The van der Waals surface area contributed by atoms with E-state index < -0.39 is 5.97 Å². The summed E-state index contributed by atoms with van der Waals surface area (Å²) in [6.07, 6.45) is 0.377. The van der Waals surface area contributed by atoms with Crippen molar-refractivity contribution in [1.29, 1.82) is 0 Å². The first-order chi connectivity index (χ1) is 7.69. The monoisotopic (exact) mass is 219 g/mol. The van der Waals surface area contributed by atoms with Gasteiger partial charge in [-0.25, -0.2) is 4.79 Å². The van der Waals surface area contributed by atoms with Crippen LogP contribution in [0.1, 0.15) is 22.3 Å². The van der Waals surface area contributed by atoms with Gasteiger partial charge in [0.2, 0.25) is 0 Å². The van der Waals surface area contributed by atoms with Gasteiger partial charge in [-0.2, -0.15) is 0 Å². The minimum Gasteiger partial charge on any atom is -0.465 e. The molecule has 0 fully saturated rings. The number of anilines is 1. The highest BCUT2D eigenvalue weighted by atomic mass is 16.5. The maximum absolute atomic E-state index is 11.3. The number of benzene rings is 1. The number of hydrogen-bond acceptors (Lipinski definition) is 4. The Hall–Kier alpha value is -1.99. The molecule has 1 aromatic carbocycles. The fraction of sp³-hybridized carbons (Fsp3) is 0.250. The Morgan fingerprint density at radius 3 is 2.94 bits per heavy atom. The van der Waals surface area contributed by atoms with E-state index in [1.165, 1.54) is 7.11 Å². The lowest BCUT2D eigenvalue weighted by Gasteiger charge is -2.02. The molecule has 0 spiro atoms. The molecule has 1 aromatic rings. The van der Waals surface area contributed by atoms with E-state index in [0.717, 1.165) is 0 Å². The third-order valence-electron chi connectivity index (χ3n) is 1.93. The molecule has 16 heavy (non-hydrogen) atoms. The number of carbonyl (C=O) groups is 1. The molecular weight excluding hydrogens is 206 g/mol. The summed E-state index contributed by atoms with van der Waals surface area (Å²) in [6, 6.07) is 4.76. The minimum absolute atomic E-state index is 0.00357. The van der Waals surface area contributed by atoms with Gasteiger partial charge < -0.3 is 15.6 Å². The van der Waals surface area contributed by atoms with Crippen molar-refractivity contribution in [2.24, 2.45) is 0 Å². The normalized spacial score (nSPS) is 9.12. The maximum Gasteiger partial charge on any atom is 0.337 e. The predicted octanol–water partition coefficient (Wildman–Crippen LogP) is 0.789. The van der Waals surface area contributed by atoms with E-state index in [1.807, 2.05) is 0 Å². The Bertz CT molecular complexity index is 443. The first-order valence-electron chi connectivity index (χ1n) is 4.76. The number of methoxy groups -OCH3 is 1. The molecule has 0 aliphatic rings. The largest absolute Gasteiger partial charge is 0.465 e. The number of ether oxygens (including phenoxy) is 1. The van der Waals surface area contributed by atoms with Crippen LogP contribution in [0.25, 0.3) is 0 Å². The summed E-state index contributed by atoms with van der Waals surface area (Å²) in [6.45, 7) is 0.00357. The van der Waals surface area contributed by atoms with Crippen LogP contribution in [0.3, 0.4) is 0 Å². The molecule has 3 N–H and O–H groups in total. The van der Waals surface area contributed by atoms with Gasteiger partial charge in [0.1, 0.15) is 0 Å². The summed E-state index contributed by atoms with van der Waals surface area (Å²) >= 11 is 0. The van der Waals surface area contributed by atoms with E-state index in [4.69, 9.17) is 10.8 Å². The van der Waals surface area contributed by atoms with Crippen molar-refractivity contribution < 1.29 is 14.6 Å². The summed E-state index contributed by atoms with van der Waals surface area (Å²) in [5, 5.41) is 8.59. The lowest BCUT2D eigenvalue weighted by atomic mass is 10.1. The average molecular weight is 219 g/mol. The molecule has 0 bridgehead atoms. The molecule has 1 rings (SSSR count). The zero-order valence-corrected chi connectivity index (χ0v) is 8.99. The Morgan fingerprint density at radius 2 is 2.31 bits per heavy atom. The number of rotatable bonds is 2. The topological polar surface area (TPSA) is 72.5 Å². The van der Waals surface area contributed by atoms with Crippen molar-refractivity contribution in [2.75, 3.05) is 19.5 Å². The third kappa shape index (κ3) is 3.01. The zero-order valence-electron chi connectivity index (χ0n) is 8.99. The van der Waals surface area contributed by atoms with Crippen LogP contribution >= 0.6 is 0 Å². The third-order valence-corrected chi connectivity index (χ3v) is 1.93.